The third kappa shape index (κ3) is 2.85. The first-order chi connectivity index (χ1) is 9.38. The topological polar surface area (TPSA) is 55.1 Å². The monoisotopic (exact) mass is 300 g/mol. The summed E-state index contributed by atoms with van der Waals surface area (Å²) in [7, 11) is 0. The standard InChI is InChI=1S/C13H8ClF3N2O/c14-6-1-2-8(9(16)3-6)13(20)19-12-10(17)4-7(15)5-11(12)18/h1-5H,18H2,(H,19,20). The van der Waals surface area contributed by atoms with Gasteiger partial charge in [-0.1, -0.05) is 11.6 Å². The third-order valence-electron chi connectivity index (χ3n) is 2.50. The molecular weight excluding hydrogens is 293 g/mol. The summed E-state index contributed by atoms with van der Waals surface area (Å²) in [5, 5.41) is 2.21. The molecule has 1 amide bonds. The van der Waals surface area contributed by atoms with Gasteiger partial charge in [0.15, 0.2) is 5.82 Å². The summed E-state index contributed by atoms with van der Waals surface area (Å²) in [6, 6.07) is 4.80. The van der Waals surface area contributed by atoms with Gasteiger partial charge >= 0.3 is 0 Å². The first-order valence-corrected chi connectivity index (χ1v) is 5.77. The van der Waals surface area contributed by atoms with Crippen molar-refractivity contribution in [2.24, 2.45) is 0 Å². The number of nitrogen functional groups attached to an aromatic ring is 1. The molecule has 7 heteroatoms. The van der Waals surface area contributed by atoms with Gasteiger partial charge in [0.05, 0.1) is 11.3 Å². The van der Waals surface area contributed by atoms with E-state index in [2.05, 4.69) is 5.32 Å². The van der Waals surface area contributed by atoms with Crippen LogP contribution in [0, 0.1) is 17.5 Å². The van der Waals surface area contributed by atoms with Crippen molar-refractivity contribution in [3.8, 4) is 0 Å². The van der Waals surface area contributed by atoms with Crippen molar-refractivity contribution < 1.29 is 18.0 Å². The number of carbonyl (C=O) groups excluding carboxylic acids is 1. The summed E-state index contributed by atoms with van der Waals surface area (Å²) in [5.74, 6) is -3.71. The molecule has 0 fully saturated rings. The number of halogens is 4. The van der Waals surface area contributed by atoms with Crippen LogP contribution in [0.15, 0.2) is 30.3 Å². The number of anilines is 2. The lowest BCUT2D eigenvalue weighted by Gasteiger charge is -2.10. The van der Waals surface area contributed by atoms with Crippen LogP contribution in [0.4, 0.5) is 24.5 Å². The second-order valence-corrected chi connectivity index (χ2v) is 4.37. The Labute approximate surface area is 117 Å². The van der Waals surface area contributed by atoms with E-state index in [0.717, 1.165) is 18.2 Å². The van der Waals surface area contributed by atoms with Crippen molar-refractivity contribution in [3.05, 3.63) is 58.4 Å². The Hall–Kier alpha value is -2.21. The van der Waals surface area contributed by atoms with E-state index in [-0.39, 0.29) is 16.3 Å². The lowest BCUT2D eigenvalue weighted by Crippen LogP contribution is -2.16. The summed E-state index contributed by atoms with van der Waals surface area (Å²) < 4.78 is 39.9. The maximum Gasteiger partial charge on any atom is 0.258 e. The Morgan fingerprint density at radius 2 is 1.80 bits per heavy atom. The van der Waals surface area contributed by atoms with E-state index in [9.17, 15) is 18.0 Å². The van der Waals surface area contributed by atoms with E-state index in [0.29, 0.717) is 6.07 Å². The lowest BCUT2D eigenvalue weighted by molar-refractivity contribution is 0.102. The molecule has 3 N–H and O–H groups in total. The van der Waals surface area contributed by atoms with Crippen LogP contribution in [0.25, 0.3) is 0 Å². The summed E-state index contributed by atoms with van der Waals surface area (Å²) in [4.78, 5) is 11.8. The van der Waals surface area contributed by atoms with Gasteiger partial charge in [0, 0.05) is 11.1 Å². The van der Waals surface area contributed by atoms with E-state index in [4.69, 9.17) is 17.3 Å². The number of hydrogen-bond donors (Lipinski definition) is 2. The number of nitrogens with one attached hydrogen (secondary N) is 1. The Kier molecular flexibility index (Phi) is 3.85. The second kappa shape index (κ2) is 5.42. The highest BCUT2D eigenvalue weighted by atomic mass is 35.5. The second-order valence-electron chi connectivity index (χ2n) is 3.93. The van der Waals surface area contributed by atoms with E-state index in [1.165, 1.54) is 6.07 Å². The van der Waals surface area contributed by atoms with Gasteiger partial charge in [-0.15, -0.1) is 0 Å². The molecule has 0 heterocycles. The van der Waals surface area contributed by atoms with E-state index < -0.39 is 29.0 Å². The van der Waals surface area contributed by atoms with Crippen LogP contribution in [0.3, 0.4) is 0 Å². The number of nitrogens with two attached hydrogens (primary N) is 1. The van der Waals surface area contributed by atoms with Crippen LogP contribution in [-0.4, -0.2) is 5.91 Å². The molecule has 0 aromatic heterocycles. The zero-order chi connectivity index (χ0) is 14.9. The summed E-state index contributed by atoms with van der Waals surface area (Å²) >= 11 is 5.56. The smallest absolute Gasteiger partial charge is 0.258 e. The molecule has 0 atom stereocenters. The van der Waals surface area contributed by atoms with Crippen LogP contribution in [-0.2, 0) is 0 Å². The van der Waals surface area contributed by atoms with Crippen LogP contribution < -0.4 is 11.1 Å². The van der Waals surface area contributed by atoms with Crippen LogP contribution >= 0.6 is 11.6 Å². The van der Waals surface area contributed by atoms with Gasteiger partial charge in [-0.25, -0.2) is 13.2 Å². The number of carbonyl (C=O) groups is 1. The summed E-state index contributed by atoms with van der Waals surface area (Å²) in [5.41, 5.74) is 4.35. The minimum atomic E-state index is -1.05. The number of amides is 1. The van der Waals surface area contributed by atoms with Gasteiger partial charge in [0.25, 0.3) is 5.91 Å². The van der Waals surface area contributed by atoms with E-state index in [1.807, 2.05) is 0 Å². The molecule has 2 aromatic carbocycles. The van der Waals surface area contributed by atoms with Crippen molar-refractivity contribution in [2.75, 3.05) is 11.1 Å². The summed E-state index contributed by atoms with van der Waals surface area (Å²) in [6.07, 6.45) is 0. The molecule has 0 aliphatic heterocycles. The van der Waals surface area contributed by atoms with Gasteiger partial charge in [-0.3, -0.25) is 4.79 Å². The van der Waals surface area contributed by atoms with Gasteiger partial charge < -0.3 is 11.1 Å². The highest BCUT2D eigenvalue weighted by Gasteiger charge is 2.16. The van der Waals surface area contributed by atoms with Gasteiger partial charge in [-0.2, -0.15) is 0 Å². The third-order valence-corrected chi connectivity index (χ3v) is 2.73. The first kappa shape index (κ1) is 14.2. The van der Waals surface area contributed by atoms with Gasteiger partial charge in [-0.05, 0) is 24.3 Å². The fourth-order valence-corrected chi connectivity index (χ4v) is 1.74. The van der Waals surface area contributed by atoms with E-state index in [1.54, 1.807) is 0 Å². The lowest BCUT2D eigenvalue weighted by atomic mass is 10.2. The average molecular weight is 301 g/mol. The molecule has 0 saturated heterocycles. The van der Waals surface area contributed by atoms with Crippen molar-refractivity contribution in [1.82, 2.24) is 0 Å². The van der Waals surface area contributed by atoms with Crippen molar-refractivity contribution in [2.45, 2.75) is 0 Å². The highest BCUT2D eigenvalue weighted by Crippen LogP contribution is 2.25. The fraction of sp³-hybridized carbons (Fsp3) is 0. The molecular formula is C13H8ClF3N2O. The predicted molar refractivity (Wildman–Crippen MR) is 70.1 cm³/mol. The maximum absolute atomic E-state index is 13.5. The minimum Gasteiger partial charge on any atom is -0.397 e. The Bertz CT molecular complexity index is 668. The number of benzene rings is 2. The van der Waals surface area contributed by atoms with Crippen LogP contribution in [0.1, 0.15) is 10.4 Å². The molecule has 3 nitrogen and oxygen atoms in total. The summed E-state index contributed by atoms with van der Waals surface area (Å²) in [6.45, 7) is 0. The average Bonchev–Trinajstić information content (AvgIpc) is 2.33. The zero-order valence-electron chi connectivity index (χ0n) is 9.88. The van der Waals surface area contributed by atoms with E-state index >= 15 is 0 Å². The molecule has 0 aliphatic carbocycles. The SMILES string of the molecule is Nc1cc(F)cc(F)c1NC(=O)c1ccc(Cl)cc1F. The Morgan fingerprint density at radius 1 is 1.10 bits per heavy atom. The quantitative estimate of drug-likeness (QED) is 0.833. The van der Waals surface area contributed by atoms with Crippen molar-refractivity contribution in [1.29, 1.82) is 0 Å². The molecule has 0 bridgehead atoms. The fourth-order valence-electron chi connectivity index (χ4n) is 1.58. The maximum atomic E-state index is 13.5. The molecule has 0 saturated carbocycles. The molecule has 20 heavy (non-hydrogen) atoms. The van der Waals surface area contributed by atoms with Gasteiger partial charge in [0.2, 0.25) is 0 Å². The molecule has 0 spiro atoms. The first-order valence-electron chi connectivity index (χ1n) is 5.39. The predicted octanol–water partition coefficient (Wildman–Crippen LogP) is 3.59. The molecule has 2 rings (SSSR count). The highest BCUT2D eigenvalue weighted by molar-refractivity contribution is 6.30. The molecule has 2 aromatic rings. The minimum absolute atomic E-state index is 0.117. The number of hydrogen-bond acceptors (Lipinski definition) is 2. The molecule has 104 valence electrons. The van der Waals surface area contributed by atoms with Crippen LogP contribution in [0.5, 0.6) is 0 Å². The van der Waals surface area contributed by atoms with Gasteiger partial charge in [0.1, 0.15) is 17.3 Å². The van der Waals surface area contributed by atoms with Crippen LogP contribution in [0.2, 0.25) is 5.02 Å². The largest absolute Gasteiger partial charge is 0.397 e. The van der Waals surface area contributed by atoms with Crippen molar-refractivity contribution >= 4 is 28.9 Å². The van der Waals surface area contributed by atoms with Crippen molar-refractivity contribution in [3.63, 3.8) is 0 Å². The number of rotatable bonds is 2. The molecule has 0 unspecified atom stereocenters. The Balaban J connectivity index is 2.33. The zero-order valence-corrected chi connectivity index (χ0v) is 10.6. The Morgan fingerprint density at radius 3 is 2.40 bits per heavy atom. The molecule has 0 aliphatic rings. The molecule has 0 radical (unpaired) electrons. The normalized spacial score (nSPS) is 10.4.